The minimum absolute atomic E-state index is 0.0345. The molecule has 0 atom stereocenters. The number of oxazole rings is 1. The van der Waals surface area contributed by atoms with Gasteiger partial charge >= 0.3 is 11.7 Å². The molecule has 0 aliphatic heterocycles. The molecule has 0 saturated heterocycles. The zero-order valence-corrected chi connectivity index (χ0v) is 9.68. The molecular formula is C9H8N2O6S. The van der Waals surface area contributed by atoms with Crippen LogP contribution in [0.4, 0.5) is 0 Å². The Kier molecular flexibility index (Phi) is 2.71. The second-order valence-electron chi connectivity index (χ2n) is 3.52. The lowest BCUT2D eigenvalue weighted by Gasteiger charge is -1.99. The molecule has 0 unspecified atom stereocenters. The molecule has 96 valence electrons. The number of aliphatic carboxylic acids is 1. The van der Waals surface area contributed by atoms with Crippen molar-refractivity contribution in [1.82, 2.24) is 4.57 Å². The van der Waals surface area contributed by atoms with E-state index in [1.807, 2.05) is 0 Å². The smallest absolute Gasteiger partial charge is 0.420 e. The van der Waals surface area contributed by atoms with Gasteiger partial charge in [-0.1, -0.05) is 0 Å². The van der Waals surface area contributed by atoms with Crippen molar-refractivity contribution in [2.45, 2.75) is 11.4 Å². The Morgan fingerprint density at radius 1 is 1.44 bits per heavy atom. The highest BCUT2D eigenvalue weighted by molar-refractivity contribution is 7.89. The third-order valence-corrected chi connectivity index (χ3v) is 3.17. The van der Waals surface area contributed by atoms with Gasteiger partial charge < -0.3 is 9.52 Å². The summed E-state index contributed by atoms with van der Waals surface area (Å²) in [7, 11) is -3.91. The van der Waals surface area contributed by atoms with Crippen molar-refractivity contribution in [3.05, 3.63) is 28.7 Å². The molecule has 2 aromatic rings. The van der Waals surface area contributed by atoms with Crippen molar-refractivity contribution < 1.29 is 22.7 Å². The maximum atomic E-state index is 11.4. The topological polar surface area (TPSA) is 133 Å². The average molecular weight is 272 g/mol. The predicted octanol–water partition coefficient (Wildman–Crippen LogP) is -0.673. The van der Waals surface area contributed by atoms with Gasteiger partial charge in [0.2, 0.25) is 10.0 Å². The van der Waals surface area contributed by atoms with Crippen molar-refractivity contribution in [2.75, 3.05) is 0 Å². The number of hydrogen-bond acceptors (Lipinski definition) is 5. The first-order valence-corrected chi connectivity index (χ1v) is 6.21. The highest BCUT2D eigenvalue weighted by Crippen LogP contribution is 2.17. The summed E-state index contributed by atoms with van der Waals surface area (Å²) < 4.78 is 27.8. The molecule has 0 bridgehead atoms. The van der Waals surface area contributed by atoms with E-state index in [9.17, 15) is 18.0 Å². The zero-order chi connectivity index (χ0) is 13.5. The summed E-state index contributed by atoms with van der Waals surface area (Å²) in [6.45, 7) is -0.569. The Bertz CT molecular complexity index is 785. The minimum atomic E-state index is -3.91. The highest BCUT2D eigenvalue weighted by atomic mass is 32.2. The molecule has 0 aliphatic carbocycles. The number of hydrogen-bond donors (Lipinski definition) is 2. The van der Waals surface area contributed by atoms with Gasteiger partial charge in [-0.15, -0.1) is 0 Å². The average Bonchev–Trinajstić information content (AvgIpc) is 2.53. The molecule has 1 heterocycles. The predicted molar refractivity (Wildman–Crippen MR) is 59.5 cm³/mol. The molecule has 9 heteroatoms. The molecule has 1 aromatic carbocycles. The van der Waals surface area contributed by atoms with Crippen LogP contribution in [-0.2, 0) is 21.4 Å². The normalized spacial score (nSPS) is 11.8. The monoisotopic (exact) mass is 272 g/mol. The number of primary sulfonamides is 1. The lowest BCUT2D eigenvalue weighted by Crippen LogP contribution is -2.19. The largest absolute Gasteiger partial charge is 0.480 e. The summed E-state index contributed by atoms with van der Waals surface area (Å²) in [5.74, 6) is -2.09. The third-order valence-electron chi connectivity index (χ3n) is 2.26. The number of carboxylic acids is 1. The Morgan fingerprint density at radius 2 is 2.11 bits per heavy atom. The highest BCUT2D eigenvalue weighted by Gasteiger charge is 2.15. The second-order valence-corrected chi connectivity index (χ2v) is 5.08. The standard InChI is InChI=1S/C9H8N2O6S/c10-18(15,16)5-1-2-6-7(3-5)17-9(14)11(6)4-8(12)13/h1-3H,4H2,(H,12,13)(H2,10,15,16). The molecule has 8 nitrogen and oxygen atoms in total. The number of benzene rings is 1. The summed E-state index contributed by atoms with van der Waals surface area (Å²) in [4.78, 5) is 21.7. The maximum absolute atomic E-state index is 11.4. The molecule has 0 fully saturated rings. The van der Waals surface area contributed by atoms with Crippen molar-refractivity contribution in [3.63, 3.8) is 0 Å². The number of carboxylic acid groups (broad SMARTS) is 1. The first-order chi connectivity index (χ1) is 8.29. The Morgan fingerprint density at radius 3 is 2.67 bits per heavy atom. The summed E-state index contributed by atoms with van der Waals surface area (Å²) >= 11 is 0. The van der Waals surface area contributed by atoms with Crippen LogP contribution in [0.3, 0.4) is 0 Å². The van der Waals surface area contributed by atoms with E-state index in [0.29, 0.717) is 0 Å². The Labute approximate surface area is 100 Å². The molecule has 0 spiro atoms. The third kappa shape index (κ3) is 2.13. The fourth-order valence-electron chi connectivity index (χ4n) is 1.51. The quantitative estimate of drug-likeness (QED) is 0.761. The van der Waals surface area contributed by atoms with Gasteiger partial charge in [-0.05, 0) is 12.1 Å². The van der Waals surface area contributed by atoms with Gasteiger partial charge in [0.05, 0.1) is 10.4 Å². The molecule has 0 radical (unpaired) electrons. The molecule has 1 aromatic heterocycles. The number of carbonyl (C=O) groups is 1. The second kappa shape index (κ2) is 3.96. The fraction of sp³-hybridized carbons (Fsp3) is 0.111. The van der Waals surface area contributed by atoms with Gasteiger partial charge in [-0.25, -0.2) is 18.4 Å². The number of nitrogens with two attached hydrogens (primary N) is 1. The van der Waals surface area contributed by atoms with E-state index in [0.717, 1.165) is 10.6 Å². The fourth-order valence-corrected chi connectivity index (χ4v) is 2.04. The number of nitrogens with zero attached hydrogens (tertiary/aromatic N) is 1. The lowest BCUT2D eigenvalue weighted by molar-refractivity contribution is -0.137. The zero-order valence-electron chi connectivity index (χ0n) is 8.86. The van der Waals surface area contributed by atoms with E-state index >= 15 is 0 Å². The van der Waals surface area contributed by atoms with Crippen molar-refractivity contribution >= 4 is 27.1 Å². The van der Waals surface area contributed by atoms with Gasteiger partial charge in [0.15, 0.2) is 5.58 Å². The summed E-state index contributed by atoms with van der Waals surface area (Å²) in [6, 6.07) is 3.51. The lowest BCUT2D eigenvalue weighted by atomic mass is 10.3. The van der Waals surface area contributed by atoms with Crippen LogP contribution in [0.1, 0.15) is 0 Å². The van der Waals surface area contributed by atoms with Crippen LogP contribution in [0.25, 0.3) is 11.1 Å². The van der Waals surface area contributed by atoms with Crippen LogP contribution in [0.15, 0.2) is 32.3 Å². The Hall–Kier alpha value is -2.13. The maximum Gasteiger partial charge on any atom is 0.420 e. The molecular weight excluding hydrogens is 264 g/mol. The number of aromatic nitrogens is 1. The van der Waals surface area contributed by atoms with Gasteiger partial charge in [-0.3, -0.25) is 9.36 Å². The van der Waals surface area contributed by atoms with Gasteiger partial charge in [0, 0.05) is 6.07 Å². The summed E-state index contributed by atoms with van der Waals surface area (Å²) in [5.41, 5.74) is 0.155. The molecule has 0 aliphatic rings. The van der Waals surface area contributed by atoms with E-state index in [2.05, 4.69) is 0 Å². The molecule has 2 rings (SSSR count). The number of rotatable bonds is 3. The molecule has 0 amide bonds. The van der Waals surface area contributed by atoms with Crippen LogP contribution in [0.2, 0.25) is 0 Å². The first-order valence-electron chi connectivity index (χ1n) is 4.67. The van der Waals surface area contributed by atoms with Gasteiger partial charge in [0.25, 0.3) is 0 Å². The molecule has 18 heavy (non-hydrogen) atoms. The van der Waals surface area contributed by atoms with Crippen LogP contribution >= 0.6 is 0 Å². The summed E-state index contributed by atoms with van der Waals surface area (Å²) in [6.07, 6.45) is 0. The van der Waals surface area contributed by atoms with E-state index in [1.165, 1.54) is 12.1 Å². The van der Waals surface area contributed by atoms with Gasteiger partial charge in [-0.2, -0.15) is 0 Å². The van der Waals surface area contributed by atoms with E-state index in [1.54, 1.807) is 0 Å². The minimum Gasteiger partial charge on any atom is -0.480 e. The molecule has 0 saturated carbocycles. The van der Waals surface area contributed by atoms with Crippen molar-refractivity contribution in [3.8, 4) is 0 Å². The van der Waals surface area contributed by atoms with Crippen LogP contribution in [-0.4, -0.2) is 24.1 Å². The van der Waals surface area contributed by atoms with Crippen molar-refractivity contribution in [1.29, 1.82) is 0 Å². The number of sulfonamides is 1. The first kappa shape index (κ1) is 12.3. The molecule has 3 N–H and O–H groups in total. The van der Waals surface area contributed by atoms with E-state index in [4.69, 9.17) is 14.7 Å². The van der Waals surface area contributed by atoms with Crippen LogP contribution in [0.5, 0.6) is 0 Å². The summed E-state index contributed by atoms with van der Waals surface area (Å²) in [5, 5.41) is 13.6. The van der Waals surface area contributed by atoms with Crippen LogP contribution < -0.4 is 10.9 Å². The number of fused-ring (bicyclic) bond motifs is 1. The van der Waals surface area contributed by atoms with Crippen molar-refractivity contribution in [2.24, 2.45) is 5.14 Å². The van der Waals surface area contributed by atoms with E-state index < -0.39 is 28.3 Å². The van der Waals surface area contributed by atoms with Crippen LogP contribution in [0, 0.1) is 0 Å². The SMILES string of the molecule is NS(=O)(=O)c1ccc2c(c1)oc(=O)n2CC(=O)O. The Balaban J connectivity index is 2.69. The van der Waals surface area contributed by atoms with E-state index in [-0.39, 0.29) is 16.0 Å². The van der Waals surface area contributed by atoms with Gasteiger partial charge in [0.1, 0.15) is 6.54 Å².